The normalized spacial score (nSPS) is 15.0. The molecule has 1 aliphatic heterocycles. The molecule has 4 aromatic rings. The van der Waals surface area contributed by atoms with Gasteiger partial charge in [0.1, 0.15) is 0 Å². The molecule has 1 fully saturated rings. The standard InChI is InChI=1S/C27H28ClN5O2/c1-20-23(28)10-5-11-24(20)33-25-22(9-6-12-29-25)26(34)32(27(33)35)18-17-30-13-15-31(16-14-30)19-21-7-3-2-4-8-21/h2-12H,13-19H2,1H3. The van der Waals surface area contributed by atoms with Crippen LogP contribution in [-0.2, 0) is 13.1 Å². The van der Waals surface area contributed by atoms with Gasteiger partial charge in [-0.05, 0) is 42.3 Å². The topological polar surface area (TPSA) is 63.4 Å². The molecule has 0 radical (unpaired) electrons. The molecule has 7 nitrogen and oxygen atoms in total. The van der Waals surface area contributed by atoms with E-state index in [-0.39, 0.29) is 5.56 Å². The van der Waals surface area contributed by atoms with E-state index in [1.807, 2.05) is 19.1 Å². The Labute approximate surface area is 208 Å². The molecular weight excluding hydrogens is 462 g/mol. The van der Waals surface area contributed by atoms with Crippen molar-refractivity contribution in [1.82, 2.24) is 23.9 Å². The summed E-state index contributed by atoms with van der Waals surface area (Å²) in [6, 6.07) is 19.3. The monoisotopic (exact) mass is 489 g/mol. The first kappa shape index (κ1) is 23.5. The predicted molar refractivity (Wildman–Crippen MR) is 140 cm³/mol. The number of aromatic nitrogens is 3. The zero-order chi connectivity index (χ0) is 24.4. The first-order valence-corrected chi connectivity index (χ1v) is 12.3. The van der Waals surface area contributed by atoms with E-state index in [1.165, 1.54) is 14.7 Å². The SMILES string of the molecule is Cc1c(Cl)cccc1-n1c(=O)n(CCN2CCN(Cc3ccccc3)CC2)c(=O)c2cccnc21. The van der Waals surface area contributed by atoms with Gasteiger partial charge in [0.15, 0.2) is 5.65 Å². The van der Waals surface area contributed by atoms with Crippen LogP contribution in [0, 0.1) is 6.92 Å². The number of piperazine rings is 1. The zero-order valence-corrected chi connectivity index (χ0v) is 20.5. The van der Waals surface area contributed by atoms with Crippen molar-refractivity contribution >= 4 is 22.6 Å². The summed E-state index contributed by atoms with van der Waals surface area (Å²) in [4.78, 5) is 36.0. The number of benzene rings is 2. The third-order valence-electron chi connectivity index (χ3n) is 6.73. The Morgan fingerprint density at radius 1 is 0.857 bits per heavy atom. The Balaban J connectivity index is 1.38. The van der Waals surface area contributed by atoms with Gasteiger partial charge >= 0.3 is 5.69 Å². The summed E-state index contributed by atoms with van der Waals surface area (Å²) in [5.74, 6) is 0. The molecule has 1 saturated heterocycles. The Hall–Kier alpha value is -3.26. The lowest BCUT2D eigenvalue weighted by Crippen LogP contribution is -2.48. The molecule has 35 heavy (non-hydrogen) atoms. The average Bonchev–Trinajstić information content (AvgIpc) is 2.88. The summed E-state index contributed by atoms with van der Waals surface area (Å²) < 4.78 is 2.84. The Kier molecular flexibility index (Phi) is 6.81. The van der Waals surface area contributed by atoms with Crippen LogP contribution in [0.3, 0.4) is 0 Å². The van der Waals surface area contributed by atoms with Crippen LogP contribution in [0.4, 0.5) is 0 Å². The summed E-state index contributed by atoms with van der Waals surface area (Å²) in [6.07, 6.45) is 1.59. The lowest BCUT2D eigenvalue weighted by molar-refractivity contribution is 0.123. The van der Waals surface area contributed by atoms with Gasteiger partial charge in [0.2, 0.25) is 0 Å². The van der Waals surface area contributed by atoms with Crippen LogP contribution in [0.15, 0.2) is 76.4 Å². The number of hydrogen-bond acceptors (Lipinski definition) is 5. The third-order valence-corrected chi connectivity index (χ3v) is 7.14. The molecule has 0 aliphatic carbocycles. The van der Waals surface area contributed by atoms with Crippen molar-refractivity contribution in [1.29, 1.82) is 0 Å². The second-order valence-electron chi connectivity index (χ2n) is 8.94. The van der Waals surface area contributed by atoms with Crippen LogP contribution < -0.4 is 11.2 Å². The molecule has 180 valence electrons. The van der Waals surface area contributed by atoms with Crippen molar-refractivity contribution in [2.24, 2.45) is 0 Å². The predicted octanol–water partition coefficient (Wildman–Crippen LogP) is 3.33. The van der Waals surface area contributed by atoms with Gasteiger partial charge in [-0.3, -0.25) is 19.2 Å². The molecular formula is C27H28ClN5O2. The highest BCUT2D eigenvalue weighted by Crippen LogP contribution is 2.22. The summed E-state index contributed by atoms with van der Waals surface area (Å²) in [5, 5.41) is 0.976. The Bertz CT molecular complexity index is 1460. The van der Waals surface area contributed by atoms with Crippen LogP contribution in [0.1, 0.15) is 11.1 Å². The van der Waals surface area contributed by atoms with Crippen molar-refractivity contribution in [3.05, 3.63) is 104 Å². The summed E-state index contributed by atoms with van der Waals surface area (Å²) in [7, 11) is 0. The number of halogens is 1. The maximum atomic E-state index is 13.6. The highest BCUT2D eigenvalue weighted by molar-refractivity contribution is 6.31. The van der Waals surface area contributed by atoms with E-state index in [4.69, 9.17) is 11.6 Å². The summed E-state index contributed by atoms with van der Waals surface area (Å²) in [5.41, 5.74) is 2.36. The van der Waals surface area contributed by atoms with E-state index < -0.39 is 5.69 Å². The van der Waals surface area contributed by atoms with Gasteiger partial charge in [-0.2, -0.15) is 0 Å². The molecule has 0 saturated carbocycles. The van der Waals surface area contributed by atoms with Crippen molar-refractivity contribution in [3.63, 3.8) is 0 Å². The largest absolute Gasteiger partial charge is 0.337 e. The highest BCUT2D eigenvalue weighted by atomic mass is 35.5. The van der Waals surface area contributed by atoms with Crippen molar-refractivity contribution < 1.29 is 0 Å². The van der Waals surface area contributed by atoms with Gasteiger partial charge in [0, 0.05) is 57.0 Å². The van der Waals surface area contributed by atoms with Crippen LogP contribution in [0.2, 0.25) is 5.02 Å². The maximum Gasteiger partial charge on any atom is 0.337 e. The third kappa shape index (κ3) is 4.80. The molecule has 2 aromatic heterocycles. The maximum absolute atomic E-state index is 13.6. The minimum absolute atomic E-state index is 0.309. The Morgan fingerprint density at radius 2 is 1.60 bits per heavy atom. The summed E-state index contributed by atoms with van der Waals surface area (Å²) >= 11 is 6.35. The molecule has 0 unspecified atom stereocenters. The van der Waals surface area contributed by atoms with E-state index in [1.54, 1.807) is 30.5 Å². The van der Waals surface area contributed by atoms with E-state index in [2.05, 4.69) is 39.0 Å². The fraction of sp³-hybridized carbons (Fsp3) is 0.296. The van der Waals surface area contributed by atoms with E-state index in [0.717, 1.165) is 38.3 Å². The minimum atomic E-state index is -0.394. The van der Waals surface area contributed by atoms with Gasteiger partial charge in [-0.1, -0.05) is 48.0 Å². The van der Waals surface area contributed by atoms with Gasteiger partial charge in [-0.25, -0.2) is 14.3 Å². The second-order valence-corrected chi connectivity index (χ2v) is 9.34. The molecule has 0 N–H and O–H groups in total. The molecule has 1 aliphatic rings. The van der Waals surface area contributed by atoms with Crippen LogP contribution >= 0.6 is 11.6 Å². The zero-order valence-electron chi connectivity index (χ0n) is 19.7. The van der Waals surface area contributed by atoms with E-state index in [9.17, 15) is 9.59 Å². The first-order chi connectivity index (χ1) is 17.0. The van der Waals surface area contributed by atoms with E-state index >= 15 is 0 Å². The molecule has 5 rings (SSSR count). The lowest BCUT2D eigenvalue weighted by Gasteiger charge is -2.34. The number of nitrogens with zero attached hydrogens (tertiary/aromatic N) is 5. The number of rotatable bonds is 6. The van der Waals surface area contributed by atoms with Crippen molar-refractivity contribution in [3.8, 4) is 5.69 Å². The number of fused-ring (bicyclic) bond motifs is 1. The van der Waals surface area contributed by atoms with Gasteiger partial charge in [0.25, 0.3) is 5.56 Å². The quantitative estimate of drug-likeness (QED) is 0.416. The lowest BCUT2D eigenvalue weighted by atomic mass is 10.2. The Morgan fingerprint density at radius 3 is 2.37 bits per heavy atom. The van der Waals surface area contributed by atoms with Gasteiger partial charge in [-0.15, -0.1) is 0 Å². The molecule has 0 atom stereocenters. The molecule has 8 heteroatoms. The molecule has 0 amide bonds. The van der Waals surface area contributed by atoms with Crippen molar-refractivity contribution in [2.75, 3.05) is 32.7 Å². The molecule has 2 aromatic carbocycles. The van der Waals surface area contributed by atoms with Crippen LogP contribution in [0.25, 0.3) is 16.7 Å². The fourth-order valence-electron chi connectivity index (χ4n) is 4.69. The van der Waals surface area contributed by atoms with Crippen LogP contribution in [-0.4, -0.2) is 56.6 Å². The molecule has 0 spiro atoms. The first-order valence-electron chi connectivity index (χ1n) is 11.9. The molecule has 3 heterocycles. The number of pyridine rings is 1. The van der Waals surface area contributed by atoms with Gasteiger partial charge in [0.05, 0.1) is 11.1 Å². The summed E-state index contributed by atoms with van der Waals surface area (Å²) in [6.45, 7) is 7.47. The highest BCUT2D eigenvalue weighted by Gasteiger charge is 2.20. The second kappa shape index (κ2) is 10.2. The van der Waals surface area contributed by atoms with Gasteiger partial charge < -0.3 is 0 Å². The number of hydrogen-bond donors (Lipinski definition) is 0. The van der Waals surface area contributed by atoms with Crippen molar-refractivity contribution in [2.45, 2.75) is 20.0 Å². The van der Waals surface area contributed by atoms with E-state index in [0.29, 0.717) is 34.8 Å². The van der Waals surface area contributed by atoms with Crippen LogP contribution in [0.5, 0.6) is 0 Å². The molecule has 0 bridgehead atoms. The average molecular weight is 490 g/mol. The fourth-order valence-corrected chi connectivity index (χ4v) is 4.86. The smallest absolute Gasteiger partial charge is 0.299 e. The minimum Gasteiger partial charge on any atom is -0.299 e.